The first kappa shape index (κ1) is 34.0. The van der Waals surface area contributed by atoms with Gasteiger partial charge in [0, 0.05) is 13.7 Å². The Hall–Kier alpha value is -0.0500. The lowest BCUT2D eigenvalue weighted by Gasteiger charge is -2.18. The predicted octanol–water partition coefficient (Wildman–Crippen LogP) is 5.77. The molecule has 0 fully saturated rings. The van der Waals surface area contributed by atoms with E-state index < -0.39 is 33.2 Å². The number of aliphatic hydroxyl groups excluding tert-OH is 2. The molecule has 34 heavy (non-hydrogen) atoms. The average molecular weight is 513 g/mol. The molecule has 0 aliphatic heterocycles. The van der Waals surface area contributed by atoms with E-state index in [2.05, 4.69) is 11.4 Å². The van der Waals surface area contributed by atoms with Crippen molar-refractivity contribution in [3.63, 3.8) is 0 Å². The molecular formula is C25H53O8P. The highest BCUT2D eigenvalue weighted by Crippen LogP contribution is 2.43. The van der Waals surface area contributed by atoms with Crippen LogP contribution in [0.4, 0.5) is 0 Å². The summed E-state index contributed by atoms with van der Waals surface area (Å²) in [5.74, 6) is 0. The van der Waals surface area contributed by atoms with Gasteiger partial charge in [-0.2, -0.15) is 0 Å². The van der Waals surface area contributed by atoms with E-state index in [4.69, 9.17) is 24.2 Å². The monoisotopic (exact) mass is 512 g/mol. The van der Waals surface area contributed by atoms with Crippen molar-refractivity contribution in [3.8, 4) is 0 Å². The largest absolute Gasteiger partial charge is 0.472 e. The molecule has 0 saturated carbocycles. The molecule has 0 aromatic rings. The minimum atomic E-state index is -4.31. The summed E-state index contributed by atoms with van der Waals surface area (Å²) in [6, 6.07) is 0. The summed E-state index contributed by atoms with van der Waals surface area (Å²) in [6.45, 7) is 1.93. The molecule has 3 N–H and O–H groups in total. The van der Waals surface area contributed by atoms with Crippen LogP contribution in [0, 0.1) is 0 Å². The molecule has 0 amide bonds. The third kappa shape index (κ3) is 23.7. The molecular weight excluding hydrogens is 459 g/mol. The fourth-order valence-electron chi connectivity index (χ4n) is 3.60. The summed E-state index contributed by atoms with van der Waals surface area (Å²) < 4.78 is 32.0. The van der Waals surface area contributed by atoms with Crippen LogP contribution in [0.1, 0.15) is 110 Å². The Labute approximate surface area is 208 Å². The molecule has 0 radical (unpaired) electrons. The van der Waals surface area contributed by atoms with Crippen LogP contribution in [0.5, 0.6) is 0 Å². The van der Waals surface area contributed by atoms with Crippen LogP contribution in [0.25, 0.3) is 0 Å². The molecule has 3 atom stereocenters. The van der Waals surface area contributed by atoms with Crippen LogP contribution >= 0.6 is 7.82 Å². The van der Waals surface area contributed by atoms with Gasteiger partial charge in [-0.05, 0) is 6.42 Å². The second kappa shape index (κ2) is 24.6. The number of rotatable bonds is 27. The average Bonchev–Trinajstić information content (AvgIpc) is 2.83. The number of hydrogen-bond donors (Lipinski definition) is 3. The highest BCUT2D eigenvalue weighted by atomic mass is 31.2. The quantitative estimate of drug-likeness (QED) is 0.0939. The van der Waals surface area contributed by atoms with Crippen molar-refractivity contribution in [3.05, 3.63) is 0 Å². The third-order valence-electron chi connectivity index (χ3n) is 5.84. The van der Waals surface area contributed by atoms with E-state index >= 15 is 0 Å². The molecule has 9 heteroatoms. The number of hydrogen-bond acceptors (Lipinski definition) is 7. The van der Waals surface area contributed by atoms with Crippen molar-refractivity contribution in [1.29, 1.82) is 0 Å². The molecule has 206 valence electrons. The molecule has 0 rings (SSSR count). The van der Waals surface area contributed by atoms with E-state index in [1.807, 2.05) is 0 Å². The molecule has 0 spiro atoms. The fourth-order valence-corrected chi connectivity index (χ4v) is 4.39. The van der Waals surface area contributed by atoms with Crippen molar-refractivity contribution >= 4 is 7.82 Å². The minimum absolute atomic E-state index is 0.168. The van der Waals surface area contributed by atoms with Crippen molar-refractivity contribution < 1.29 is 38.2 Å². The maximum absolute atomic E-state index is 11.7. The van der Waals surface area contributed by atoms with Crippen LogP contribution in [0.2, 0.25) is 0 Å². The Morgan fingerprint density at radius 3 is 1.59 bits per heavy atom. The fraction of sp³-hybridized carbons (Fsp3) is 1.00. The van der Waals surface area contributed by atoms with Crippen molar-refractivity contribution in [2.24, 2.45) is 0 Å². The zero-order valence-electron chi connectivity index (χ0n) is 21.8. The molecule has 0 aliphatic rings. The summed E-state index contributed by atoms with van der Waals surface area (Å²) in [5, 5.41) is 17.8. The lowest BCUT2D eigenvalue weighted by atomic mass is 10.0. The Bertz CT molecular complexity index is 466. The molecule has 0 aromatic carbocycles. The van der Waals surface area contributed by atoms with E-state index in [0.717, 1.165) is 12.8 Å². The number of aliphatic hydroxyl groups is 2. The van der Waals surface area contributed by atoms with Gasteiger partial charge in [0.15, 0.2) is 0 Å². The number of unbranched alkanes of at least 4 members (excludes halogenated alkanes) is 15. The zero-order chi connectivity index (χ0) is 25.3. The molecule has 0 saturated heterocycles. The Balaban J connectivity index is 3.45. The van der Waals surface area contributed by atoms with Crippen LogP contribution < -0.4 is 0 Å². The van der Waals surface area contributed by atoms with Crippen molar-refractivity contribution in [1.82, 2.24) is 0 Å². The number of phosphoric ester groups is 1. The van der Waals surface area contributed by atoms with Gasteiger partial charge in [0.1, 0.15) is 12.2 Å². The van der Waals surface area contributed by atoms with E-state index in [0.29, 0.717) is 6.61 Å². The number of phosphoric acid groups is 1. The Morgan fingerprint density at radius 2 is 1.15 bits per heavy atom. The molecule has 8 nitrogen and oxygen atoms in total. The van der Waals surface area contributed by atoms with Gasteiger partial charge in [-0.15, -0.1) is 0 Å². The first-order valence-electron chi connectivity index (χ1n) is 13.5. The highest BCUT2D eigenvalue weighted by Gasteiger charge is 2.24. The first-order chi connectivity index (χ1) is 16.4. The summed E-state index contributed by atoms with van der Waals surface area (Å²) in [4.78, 5) is 9.55. The Morgan fingerprint density at radius 1 is 0.706 bits per heavy atom. The summed E-state index contributed by atoms with van der Waals surface area (Å²) in [5.41, 5.74) is 0. The molecule has 3 unspecified atom stereocenters. The predicted molar refractivity (Wildman–Crippen MR) is 136 cm³/mol. The van der Waals surface area contributed by atoms with Gasteiger partial charge < -0.3 is 24.6 Å². The van der Waals surface area contributed by atoms with E-state index in [1.54, 1.807) is 0 Å². The summed E-state index contributed by atoms with van der Waals surface area (Å²) >= 11 is 0. The highest BCUT2D eigenvalue weighted by molar-refractivity contribution is 7.47. The standard InChI is InChI=1S/C25H53O8P/c1-3-4-5-6-7-8-9-10-11-12-13-14-15-16-17-18-19-31-22-25(30-2)23-33-34(28,29)32-21-24(27)20-26/h24-27H,3-23H2,1-2H3,(H,28,29). The van der Waals surface area contributed by atoms with E-state index in [1.165, 1.54) is 97.0 Å². The lowest BCUT2D eigenvalue weighted by Crippen LogP contribution is -2.25. The van der Waals surface area contributed by atoms with Gasteiger partial charge in [0.2, 0.25) is 0 Å². The smallest absolute Gasteiger partial charge is 0.394 e. The first-order valence-corrected chi connectivity index (χ1v) is 15.0. The van der Waals surface area contributed by atoms with Crippen molar-refractivity contribution in [2.45, 2.75) is 122 Å². The summed E-state index contributed by atoms with van der Waals surface area (Å²) in [7, 11) is -2.83. The number of methoxy groups -OCH3 is 1. The Kier molecular flexibility index (Phi) is 24.6. The second-order valence-corrected chi connectivity index (χ2v) is 10.6. The molecule has 0 bridgehead atoms. The maximum atomic E-state index is 11.7. The zero-order valence-corrected chi connectivity index (χ0v) is 22.7. The lowest BCUT2D eigenvalue weighted by molar-refractivity contribution is -0.0253. The third-order valence-corrected chi connectivity index (χ3v) is 6.79. The van der Waals surface area contributed by atoms with Gasteiger partial charge >= 0.3 is 7.82 Å². The topological polar surface area (TPSA) is 115 Å². The van der Waals surface area contributed by atoms with Crippen molar-refractivity contribution in [2.75, 3.05) is 40.1 Å². The SMILES string of the molecule is CCCCCCCCCCCCCCCCCCOCC(COP(=O)(O)OCC(O)CO)OC. The van der Waals surface area contributed by atoms with Gasteiger partial charge in [-0.25, -0.2) is 4.57 Å². The molecule has 0 heterocycles. The van der Waals surface area contributed by atoms with E-state index in [-0.39, 0.29) is 13.2 Å². The second-order valence-electron chi connectivity index (χ2n) is 9.13. The van der Waals surface area contributed by atoms with Gasteiger partial charge in [0.05, 0.1) is 26.4 Å². The van der Waals surface area contributed by atoms with Crippen LogP contribution in [0.15, 0.2) is 0 Å². The van der Waals surface area contributed by atoms with Crippen LogP contribution in [-0.4, -0.2) is 67.5 Å². The normalized spacial score (nSPS) is 15.3. The van der Waals surface area contributed by atoms with Gasteiger partial charge in [0.25, 0.3) is 0 Å². The minimum Gasteiger partial charge on any atom is -0.394 e. The van der Waals surface area contributed by atoms with Gasteiger partial charge in [-0.3, -0.25) is 9.05 Å². The van der Waals surface area contributed by atoms with E-state index in [9.17, 15) is 9.46 Å². The van der Waals surface area contributed by atoms with Gasteiger partial charge in [-0.1, -0.05) is 103 Å². The number of ether oxygens (including phenoxy) is 2. The van der Waals surface area contributed by atoms with Crippen LogP contribution in [0.3, 0.4) is 0 Å². The van der Waals surface area contributed by atoms with Crippen LogP contribution in [-0.2, 0) is 23.1 Å². The molecule has 0 aromatic heterocycles. The summed E-state index contributed by atoms with van der Waals surface area (Å²) in [6.07, 6.45) is 19.5. The maximum Gasteiger partial charge on any atom is 0.472 e. The molecule has 0 aliphatic carbocycles.